The number of aryl methyl sites for hydroxylation is 1. The third-order valence-electron chi connectivity index (χ3n) is 6.12. The molecule has 0 heterocycles. The Balaban J connectivity index is 1.75. The van der Waals surface area contributed by atoms with Gasteiger partial charge in [0.1, 0.15) is 6.04 Å². The average Bonchev–Trinajstić information content (AvgIpc) is 2.87. The highest BCUT2D eigenvalue weighted by molar-refractivity contribution is 5.85. The quantitative estimate of drug-likeness (QED) is 0.342. The molecule has 0 aliphatic heterocycles. The van der Waals surface area contributed by atoms with Gasteiger partial charge in [-0.2, -0.15) is 0 Å². The Kier molecular flexibility index (Phi) is 9.60. The van der Waals surface area contributed by atoms with Crippen LogP contribution >= 0.6 is 0 Å². The number of amides is 1. The first-order valence-electron chi connectivity index (χ1n) is 11.8. The highest BCUT2D eigenvalue weighted by atomic mass is 16.4. The third-order valence-corrected chi connectivity index (χ3v) is 6.12. The van der Waals surface area contributed by atoms with Crippen LogP contribution in [0.15, 0.2) is 91.0 Å². The van der Waals surface area contributed by atoms with E-state index in [2.05, 4.69) is 5.32 Å². The van der Waals surface area contributed by atoms with Gasteiger partial charge in [0.2, 0.25) is 5.91 Å². The maximum atomic E-state index is 13.3. The van der Waals surface area contributed by atoms with Crippen LogP contribution in [0.2, 0.25) is 0 Å². The lowest BCUT2D eigenvalue weighted by molar-refractivity contribution is -0.145. The van der Waals surface area contributed by atoms with E-state index < -0.39 is 35.7 Å². The summed E-state index contributed by atoms with van der Waals surface area (Å²) in [5.74, 6) is -3.97. The van der Waals surface area contributed by atoms with Gasteiger partial charge in [-0.05, 0) is 48.8 Å². The molecule has 0 radical (unpaired) electrons. The number of carbonyl (C=O) groups excluding carboxylic acids is 1. The van der Waals surface area contributed by atoms with Crippen molar-refractivity contribution in [1.82, 2.24) is 5.32 Å². The molecule has 1 unspecified atom stereocenters. The first-order chi connectivity index (χ1) is 16.9. The normalized spacial score (nSPS) is 13.4. The minimum atomic E-state index is -1.10. The number of benzene rings is 3. The molecule has 6 heteroatoms. The number of hydrogen-bond donors (Lipinski definition) is 3. The Morgan fingerprint density at radius 2 is 1.09 bits per heavy atom. The Morgan fingerprint density at radius 1 is 0.629 bits per heavy atom. The van der Waals surface area contributed by atoms with Gasteiger partial charge < -0.3 is 15.5 Å². The van der Waals surface area contributed by atoms with E-state index in [1.54, 1.807) is 0 Å². The summed E-state index contributed by atoms with van der Waals surface area (Å²) in [5.41, 5.74) is 2.76. The topological polar surface area (TPSA) is 104 Å². The van der Waals surface area contributed by atoms with Crippen molar-refractivity contribution in [2.45, 2.75) is 38.1 Å². The van der Waals surface area contributed by atoms with Gasteiger partial charge >= 0.3 is 11.9 Å². The molecule has 35 heavy (non-hydrogen) atoms. The molecular weight excluding hydrogens is 442 g/mol. The summed E-state index contributed by atoms with van der Waals surface area (Å²) in [4.78, 5) is 37.3. The first-order valence-corrected chi connectivity index (χ1v) is 11.8. The van der Waals surface area contributed by atoms with Gasteiger partial charge in [-0.15, -0.1) is 0 Å². The highest BCUT2D eigenvalue weighted by Gasteiger charge is 2.30. The van der Waals surface area contributed by atoms with Crippen molar-refractivity contribution in [2.75, 3.05) is 0 Å². The maximum Gasteiger partial charge on any atom is 0.326 e. The van der Waals surface area contributed by atoms with Crippen LogP contribution in [-0.2, 0) is 33.6 Å². The van der Waals surface area contributed by atoms with Gasteiger partial charge in [0.05, 0.1) is 5.92 Å². The number of carboxylic acid groups (broad SMARTS) is 2. The fraction of sp³-hybridized carbons (Fsp3) is 0.276. The first kappa shape index (κ1) is 25.7. The lowest BCUT2D eigenvalue weighted by atomic mass is 9.85. The summed E-state index contributed by atoms with van der Waals surface area (Å²) in [5, 5.41) is 22.3. The minimum Gasteiger partial charge on any atom is -0.481 e. The van der Waals surface area contributed by atoms with E-state index >= 15 is 0 Å². The molecule has 3 aromatic carbocycles. The summed E-state index contributed by atoms with van der Waals surface area (Å²) >= 11 is 0. The SMILES string of the molecule is O=C(O)C(CCc1ccccc1)NC(=O)[C@H](Cc1ccccc1)C[C@@H](Cc1ccccc1)C(=O)O. The fourth-order valence-corrected chi connectivity index (χ4v) is 4.20. The molecule has 0 saturated carbocycles. The number of rotatable bonds is 13. The van der Waals surface area contributed by atoms with Gasteiger partial charge in [-0.3, -0.25) is 9.59 Å². The fourth-order valence-electron chi connectivity index (χ4n) is 4.20. The maximum absolute atomic E-state index is 13.3. The van der Waals surface area contributed by atoms with Crippen molar-refractivity contribution in [2.24, 2.45) is 11.8 Å². The van der Waals surface area contributed by atoms with Crippen LogP contribution in [0, 0.1) is 11.8 Å². The molecule has 0 fully saturated rings. The lowest BCUT2D eigenvalue weighted by Gasteiger charge is -2.23. The molecular formula is C29H31NO5. The smallest absolute Gasteiger partial charge is 0.326 e. The monoisotopic (exact) mass is 473 g/mol. The van der Waals surface area contributed by atoms with Crippen LogP contribution in [0.3, 0.4) is 0 Å². The summed E-state index contributed by atoms with van der Waals surface area (Å²) in [6.07, 6.45) is 1.49. The number of aliphatic carboxylic acids is 2. The minimum absolute atomic E-state index is 0.107. The Bertz CT molecular complexity index is 1090. The van der Waals surface area contributed by atoms with Crippen LogP contribution in [0.1, 0.15) is 29.5 Å². The summed E-state index contributed by atoms with van der Waals surface area (Å²) in [6.45, 7) is 0. The number of carbonyl (C=O) groups is 3. The molecule has 3 rings (SSSR count). The van der Waals surface area contributed by atoms with Gasteiger partial charge in [0, 0.05) is 5.92 Å². The zero-order chi connectivity index (χ0) is 25.0. The largest absolute Gasteiger partial charge is 0.481 e. The Hall–Kier alpha value is -3.93. The van der Waals surface area contributed by atoms with E-state index in [4.69, 9.17) is 0 Å². The second kappa shape index (κ2) is 13.1. The molecule has 1 amide bonds. The van der Waals surface area contributed by atoms with E-state index in [9.17, 15) is 24.6 Å². The van der Waals surface area contributed by atoms with Crippen molar-refractivity contribution >= 4 is 17.8 Å². The van der Waals surface area contributed by atoms with Gasteiger partial charge in [-0.25, -0.2) is 4.79 Å². The molecule has 0 aliphatic rings. The molecule has 0 saturated heterocycles. The number of hydrogen-bond acceptors (Lipinski definition) is 3. The molecule has 3 atom stereocenters. The Labute approximate surface area is 205 Å². The van der Waals surface area contributed by atoms with Gasteiger partial charge in [0.25, 0.3) is 0 Å². The second-order valence-electron chi connectivity index (χ2n) is 8.77. The standard InChI is InChI=1S/C29H31NO5/c31-27(30-26(29(34)35)17-16-21-10-4-1-5-11-21)24(18-22-12-6-2-7-13-22)20-25(28(32)33)19-23-14-8-3-9-15-23/h1-15,24-26H,16-20H2,(H,30,31)(H,32,33)(H,34,35)/t24-,25-,26?/m1/s1. The molecule has 3 N–H and O–H groups in total. The van der Waals surface area contributed by atoms with Crippen LogP contribution in [0.5, 0.6) is 0 Å². The summed E-state index contributed by atoms with van der Waals surface area (Å²) < 4.78 is 0. The van der Waals surface area contributed by atoms with Gasteiger partial charge in [0.15, 0.2) is 0 Å². The van der Waals surface area contributed by atoms with Crippen molar-refractivity contribution in [3.8, 4) is 0 Å². The zero-order valence-electron chi connectivity index (χ0n) is 19.5. The highest BCUT2D eigenvalue weighted by Crippen LogP contribution is 2.22. The van der Waals surface area contributed by atoms with Crippen LogP contribution in [0.25, 0.3) is 0 Å². The predicted octanol–water partition coefficient (Wildman–Crippen LogP) is 4.38. The van der Waals surface area contributed by atoms with E-state index in [0.29, 0.717) is 19.3 Å². The van der Waals surface area contributed by atoms with E-state index in [1.165, 1.54) is 0 Å². The van der Waals surface area contributed by atoms with E-state index in [1.807, 2.05) is 91.0 Å². The van der Waals surface area contributed by atoms with Gasteiger partial charge in [-0.1, -0.05) is 91.0 Å². The van der Waals surface area contributed by atoms with Crippen molar-refractivity contribution in [1.29, 1.82) is 0 Å². The summed E-state index contributed by atoms with van der Waals surface area (Å²) in [7, 11) is 0. The predicted molar refractivity (Wildman–Crippen MR) is 134 cm³/mol. The lowest BCUT2D eigenvalue weighted by Crippen LogP contribution is -2.45. The van der Waals surface area contributed by atoms with Crippen molar-refractivity contribution < 1.29 is 24.6 Å². The molecule has 182 valence electrons. The zero-order valence-corrected chi connectivity index (χ0v) is 19.5. The second-order valence-corrected chi connectivity index (χ2v) is 8.77. The number of carboxylic acids is 2. The third kappa shape index (κ3) is 8.41. The van der Waals surface area contributed by atoms with Crippen LogP contribution < -0.4 is 5.32 Å². The summed E-state index contributed by atoms with van der Waals surface area (Å²) in [6, 6.07) is 27.1. The molecule has 0 aliphatic carbocycles. The van der Waals surface area contributed by atoms with E-state index in [0.717, 1.165) is 16.7 Å². The molecule has 0 spiro atoms. The van der Waals surface area contributed by atoms with Crippen molar-refractivity contribution in [3.63, 3.8) is 0 Å². The van der Waals surface area contributed by atoms with Crippen LogP contribution in [0.4, 0.5) is 0 Å². The Morgan fingerprint density at radius 3 is 1.54 bits per heavy atom. The molecule has 0 bridgehead atoms. The van der Waals surface area contributed by atoms with Crippen LogP contribution in [-0.4, -0.2) is 34.1 Å². The number of nitrogens with one attached hydrogen (secondary N) is 1. The van der Waals surface area contributed by atoms with E-state index in [-0.39, 0.29) is 12.8 Å². The average molecular weight is 474 g/mol. The van der Waals surface area contributed by atoms with Crippen molar-refractivity contribution in [3.05, 3.63) is 108 Å². The molecule has 3 aromatic rings. The molecule has 0 aromatic heterocycles. The molecule has 6 nitrogen and oxygen atoms in total.